The highest BCUT2D eigenvalue weighted by Gasteiger charge is 2.20. The van der Waals surface area contributed by atoms with Gasteiger partial charge in [0.25, 0.3) is 0 Å². The molecule has 0 N–H and O–H groups in total. The first kappa shape index (κ1) is 6.84. The third-order valence-corrected chi connectivity index (χ3v) is 2.62. The normalized spacial score (nSPS) is 21.8. The summed E-state index contributed by atoms with van der Waals surface area (Å²) in [6.07, 6.45) is 4.44. The SMILES string of the molecule is Cc1ccnc2c1CCC2C. The van der Waals surface area contributed by atoms with Crippen LogP contribution in [0.2, 0.25) is 0 Å². The lowest BCUT2D eigenvalue weighted by atomic mass is 10.1. The molecule has 1 nitrogen and oxygen atoms in total. The third kappa shape index (κ3) is 0.953. The van der Waals surface area contributed by atoms with Crippen molar-refractivity contribution in [2.75, 3.05) is 0 Å². The van der Waals surface area contributed by atoms with Gasteiger partial charge in [0.2, 0.25) is 0 Å². The number of nitrogens with zero attached hydrogens (tertiary/aromatic N) is 1. The number of hydrogen-bond donors (Lipinski definition) is 0. The fraction of sp³-hybridized carbons (Fsp3) is 0.500. The summed E-state index contributed by atoms with van der Waals surface area (Å²) in [6, 6.07) is 2.11. The minimum Gasteiger partial charge on any atom is -0.261 e. The van der Waals surface area contributed by atoms with Gasteiger partial charge in [-0.05, 0) is 42.9 Å². The number of aromatic nitrogens is 1. The van der Waals surface area contributed by atoms with Gasteiger partial charge in [-0.2, -0.15) is 0 Å². The monoisotopic (exact) mass is 147 g/mol. The lowest BCUT2D eigenvalue weighted by Crippen LogP contribution is -1.92. The van der Waals surface area contributed by atoms with Crippen molar-refractivity contribution in [3.8, 4) is 0 Å². The summed E-state index contributed by atoms with van der Waals surface area (Å²) in [6.45, 7) is 4.44. The standard InChI is InChI=1S/C10H13N/c1-7-5-6-11-10-8(2)3-4-9(7)10/h5-6,8H,3-4H2,1-2H3. The number of pyridine rings is 1. The topological polar surface area (TPSA) is 12.9 Å². The van der Waals surface area contributed by atoms with Gasteiger partial charge in [0.05, 0.1) is 0 Å². The zero-order valence-corrected chi connectivity index (χ0v) is 7.09. The predicted octanol–water partition coefficient (Wildman–Crippen LogP) is 2.44. The molecule has 0 aromatic carbocycles. The largest absolute Gasteiger partial charge is 0.261 e. The van der Waals surface area contributed by atoms with E-state index in [-0.39, 0.29) is 0 Å². The zero-order valence-electron chi connectivity index (χ0n) is 7.09. The molecule has 1 aliphatic carbocycles. The van der Waals surface area contributed by atoms with Crippen LogP contribution in [0, 0.1) is 6.92 Å². The molecule has 1 heterocycles. The minimum absolute atomic E-state index is 0.685. The minimum atomic E-state index is 0.685. The second-order valence-corrected chi connectivity index (χ2v) is 3.43. The van der Waals surface area contributed by atoms with Crippen LogP contribution in [0.5, 0.6) is 0 Å². The second-order valence-electron chi connectivity index (χ2n) is 3.43. The average Bonchev–Trinajstić information content (AvgIpc) is 2.35. The maximum absolute atomic E-state index is 4.40. The Morgan fingerprint density at radius 1 is 1.55 bits per heavy atom. The Labute approximate surface area is 67.5 Å². The number of hydrogen-bond acceptors (Lipinski definition) is 1. The van der Waals surface area contributed by atoms with Crippen molar-refractivity contribution in [2.24, 2.45) is 0 Å². The van der Waals surface area contributed by atoms with Crippen molar-refractivity contribution in [3.05, 3.63) is 29.1 Å². The number of fused-ring (bicyclic) bond motifs is 1. The van der Waals surface area contributed by atoms with E-state index in [9.17, 15) is 0 Å². The Morgan fingerprint density at radius 3 is 3.09 bits per heavy atom. The Morgan fingerprint density at radius 2 is 2.36 bits per heavy atom. The zero-order chi connectivity index (χ0) is 7.84. The first-order valence-corrected chi connectivity index (χ1v) is 4.23. The van der Waals surface area contributed by atoms with Gasteiger partial charge in [-0.25, -0.2) is 0 Å². The molecular weight excluding hydrogens is 134 g/mol. The molecule has 0 fully saturated rings. The van der Waals surface area contributed by atoms with Gasteiger partial charge < -0.3 is 0 Å². The molecule has 0 saturated carbocycles. The molecule has 0 bridgehead atoms. The van der Waals surface area contributed by atoms with Crippen molar-refractivity contribution in [3.63, 3.8) is 0 Å². The van der Waals surface area contributed by atoms with E-state index >= 15 is 0 Å². The molecular formula is C10H13N. The highest BCUT2D eigenvalue weighted by molar-refractivity contribution is 5.34. The molecule has 1 unspecified atom stereocenters. The van der Waals surface area contributed by atoms with E-state index < -0.39 is 0 Å². The fourth-order valence-corrected chi connectivity index (χ4v) is 1.86. The maximum Gasteiger partial charge on any atom is 0.0466 e. The number of rotatable bonds is 0. The van der Waals surface area contributed by atoms with Gasteiger partial charge in [0.1, 0.15) is 0 Å². The van der Waals surface area contributed by atoms with E-state index in [0.717, 1.165) is 0 Å². The van der Waals surface area contributed by atoms with Gasteiger partial charge in [0, 0.05) is 11.9 Å². The van der Waals surface area contributed by atoms with Crippen molar-refractivity contribution < 1.29 is 0 Å². The molecule has 0 saturated heterocycles. The van der Waals surface area contributed by atoms with Crippen LogP contribution in [0.15, 0.2) is 12.3 Å². The summed E-state index contributed by atoms with van der Waals surface area (Å²) >= 11 is 0. The molecule has 11 heavy (non-hydrogen) atoms. The highest BCUT2D eigenvalue weighted by atomic mass is 14.7. The van der Waals surface area contributed by atoms with Crippen LogP contribution in [0.4, 0.5) is 0 Å². The van der Waals surface area contributed by atoms with Crippen LogP contribution in [0.1, 0.15) is 36.1 Å². The summed E-state index contributed by atoms with van der Waals surface area (Å²) in [5.74, 6) is 0.685. The third-order valence-electron chi connectivity index (χ3n) is 2.62. The van der Waals surface area contributed by atoms with Crippen LogP contribution < -0.4 is 0 Å². The lowest BCUT2D eigenvalue weighted by Gasteiger charge is -2.03. The van der Waals surface area contributed by atoms with Crippen LogP contribution in [-0.2, 0) is 6.42 Å². The molecule has 0 aliphatic heterocycles. The summed E-state index contributed by atoms with van der Waals surface area (Å²) in [4.78, 5) is 4.40. The van der Waals surface area contributed by atoms with E-state index in [1.54, 1.807) is 0 Å². The summed E-state index contributed by atoms with van der Waals surface area (Å²) < 4.78 is 0. The van der Waals surface area contributed by atoms with E-state index in [0.29, 0.717) is 5.92 Å². The Kier molecular flexibility index (Phi) is 1.45. The van der Waals surface area contributed by atoms with Crippen molar-refractivity contribution >= 4 is 0 Å². The Balaban J connectivity index is 2.57. The first-order valence-electron chi connectivity index (χ1n) is 4.23. The van der Waals surface area contributed by atoms with E-state index in [2.05, 4.69) is 24.9 Å². The molecule has 1 aromatic heterocycles. The van der Waals surface area contributed by atoms with Crippen molar-refractivity contribution in [1.29, 1.82) is 0 Å². The Hall–Kier alpha value is -0.850. The van der Waals surface area contributed by atoms with Crippen LogP contribution in [-0.4, -0.2) is 4.98 Å². The fourth-order valence-electron chi connectivity index (χ4n) is 1.86. The van der Waals surface area contributed by atoms with Crippen LogP contribution in [0.25, 0.3) is 0 Å². The molecule has 0 spiro atoms. The van der Waals surface area contributed by atoms with E-state index in [1.807, 2.05) is 6.20 Å². The van der Waals surface area contributed by atoms with Gasteiger partial charge in [-0.15, -0.1) is 0 Å². The van der Waals surface area contributed by atoms with Crippen LogP contribution in [0.3, 0.4) is 0 Å². The molecule has 1 heteroatoms. The Bertz CT molecular complexity index is 278. The molecule has 1 aliphatic rings. The van der Waals surface area contributed by atoms with Gasteiger partial charge in [0.15, 0.2) is 0 Å². The van der Waals surface area contributed by atoms with E-state index in [1.165, 1.54) is 29.7 Å². The number of aryl methyl sites for hydroxylation is 1. The molecule has 1 atom stereocenters. The quantitative estimate of drug-likeness (QED) is 0.549. The lowest BCUT2D eigenvalue weighted by molar-refractivity contribution is 0.731. The predicted molar refractivity (Wildman–Crippen MR) is 45.7 cm³/mol. The van der Waals surface area contributed by atoms with Gasteiger partial charge in [-0.1, -0.05) is 6.92 Å². The van der Waals surface area contributed by atoms with Crippen LogP contribution >= 0.6 is 0 Å². The van der Waals surface area contributed by atoms with Crippen molar-refractivity contribution in [2.45, 2.75) is 32.6 Å². The van der Waals surface area contributed by atoms with E-state index in [4.69, 9.17) is 0 Å². The first-order chi connectivity index (χ1) is 5.29. The van der Waals surface area contributed by atoms with Gasteiger partial charge in [-0.3, -0.25) is 4.98 Å². The molecule has 2 rings (SSSR count). The average molecular weight is 147 g/mol. The molecule has 0 radical (unpaired) electrons. The molecule has 1 aromatic rings. The highest BCUT2D eigenvalue weighted by Crippen LogP contribution is 2.32. The second kappa shape index (κ2) is 2.33. The molecule has 0 amide bonds. The molecule has 58 valence electrons. The summed E-state index contributed by atoms with van der Waals surface area (Å²) in [5.41, 5.74) is 4.25. The smallest absolute Gasteiger partial charge is 0.0466 e. The summed E-state index contributed by atoms with van der Waals surface area (Å²) in [5, 5.41) is 0. The van der Waals surface area contributed by atoms with Crippen molar-refractivity contribution in [1.82, 2.24) is 4.98 Å². The maximum atomic E-state index is 4.40. The van der Waals surface area contributed by atoms with Gasteiger partial charge >= 0.3 is 0 Å². The summed E-state index contributed by atoms with van der Waals surface area (Å²) in [7, 11) is 0.